The monoisotopic (exact) mass is 267 g/mol. The molecule has 0 bridgehead atoms. The predicted octanol–water partition coefficient (Wildman–Crippen LogP) is 3.14. The van der Waals surface area contributed by atoms with Gasteiger partial charge in [0.1, 0.15) is 5.82 Å². The van der Waals surface area contributed by atoms with E-state index < -0.39 is 0 Å². The summed E-state index contributed by atoms with van der Waals surface area (Å²) in [5.74, 6) is -0.0639. The Balaban J connectivity index is 2.97. The molecule has 0 amide bonds. The summed E-state index contributed by atoms with van der Waals surface area (Å²) in [6, 6.07) is 4.64. The van der Waals surface area contributed by atoms with Gasteiger partial charge in [-0.1, -0.05) is 13.8 Å². The van der Waals surface area contributed by atoms with Gasteiger partial charge in [-0.25, -0.2) is 4.39 Å². The maximum Gasteiger partial charge on any atom is 0.159 e. The SMILES string of the molecule is COCCN(CC(C)C)c1ccc(C(C)=O)cc1F. The first-order chi connectivity index (χ1) is 8.95. The van der Waals surface area contributed by atoms with Crippen molar-refractivity contribution in [3.8, 4) is 0 Å². The molecule has 0 aromatic heterocycles. The van der Waals surface area contributed by atoms with E-state index in [4.69, 9.17) is 4.74 Å². The van der Waals surface area contributed by atoms with E-state index in [0.29, 0.717) is 30.3 Å². The Labute approximate surface area is 114 Å². The van der Waals surface area contributed by atoms with Crippen LogP contribution in [0.1, 0.15) is 31.1 Å². The number of hydrogen-bond donors (Lipinski definition) is 0. The van der Waals surface area contributed by atoms with Gasteiger partial charge < -0.3 is 9.64 Å². The summed E-state index contributed by atoms with van der Waals surface area (Å²) in [6.07, 6.45) is 0. The van der Waals surface area contributed by atoms with Crippen molar-refractivity contribution in [1.82, 2.24) is 0 Å². The van der Waals surface area contributed by atoms with Gasteiger partial charge in [0.05, 0.1) is 12.3 Å². The van der Waals surface area contributed by atoms with E-state index >= 15 is 0 Å². The van der Waals surface area contributed by atoms with Crippen molar-refractivity contribution in [2.45, 2.75) is 20.8 Å². The molecule has 1 rings (SSSR count). The minimum absolute atomic E-state index is 0.127. The number of methoxy groups -OCH3 is 1. The summed E-state index contributed by atoms with van der Waals surface area (Å²) in [5.41, 5.74) is 0.924. The lowest BCUT2D eigenvalue weighted by Gasteiger charge is -2.27. The molecule has 19 heavy (non-hydrogen) atoms. The molecule has 0 unspecified atom stereocenters. The van der Waals surface area contributed by atoms with E-state index in [1.165, 1.54) is 13.0 Å². The molecule has 0 aliphatic rings. The number of rotatable bonds is 7. The highest BCUT2D eigenvalue weighted by Crippen LogP contribution is 2.21. The molecular weight excluding hydrogens is 245 g/mol. The third-order valence-electron chi connectivity index (χ3n) is 2.85. The molecule has 1 aromatic carbocycles. The number of carbonyl (C=O) groups excluding carboxylic acids is 1. The predicted molar refractivity (Wildman–Crippen MR) is 75.3 cm³/mol. The highest BCUT2D eigenvalue weighted by molar-refractivity contribution is 5.94. The van der Waals surface area contributed by atoms with Gasteiger partial charge in [0.2, 0.25) is 0 Å². The van der Waals surface area contributed by atoms with Gasteiger partial charge in [-0.15, -0.1) is 0 Å². The number of carbonyl (C=O) groups is 1. The van der Waals surface area contributed by atoms with E-state index in [1.54, 1.807) is 19.2 Å². The van der Waals surface area contributed by atoms with Crippen LogP contribution >= 0.6 is 0 Å². The van der Waals surface area contributed by atoms with Gasteiger partial charge in [-0.05, 0) is 31.0 Å². The normalized spacial score (nSPS) is 10.8. The Kier molecular flexibility index (Phi) is 5.96. The molecule has 0 aliphatic carbocycles. The standard InChI is InChI=1S/C15H22FNO2/c1-11(2)10-17(7-8-19-4)15-6-5-13(12(3)18)9-14(15)16/h5-6,9,11H,7-8,10H2,1-4H3. The highest BCUT2D eigenvalue weighted by Gasteiger charge is 2.14. The van der Waals surface area contributed by atoms with Crippen molar-refractivity contribution in [3.63, 3.8) is 0 Å². The summed E-state index contributed by atoms with van der Waals surface area (Å²) in [6.45, 7) is 7.53. The second kappa shape index (κ2) is 7.24. The zero-order chi connectivity index (χ0) is 14.4. The van der Waals surface area contributed by atoms with Gasteiger partial charge in [0, 0.05) is 25.8 Å². The maximum atomic E-state index is 14.1. The second-order valence-electron chi connectivity index (χ2n) is 5.06. The Morgan fingerprint density at radius 1 is 1.42 bits per heavy atom. The van der Waals surface area contributed by atoms with Crippen LogP contribution in [0.2, 0.25) is 0 Å². The van der Waals surface area contributed by atoms with E-state index in [2.05, 4.69) is 13.8 Å². The molecule has 4 heteroatoms. The molecule has 0 fully saturated rings. The number of anilines is 1. The van der Waals surface area contributed by atoms with Gasteiger partial charge in [-0.2, -0.15) is 0 Å². The average Bonchev–Trinajstić information content (AvgIpc) is 2.34. The maximum absolute atomic E-state index is 14.1. The zero-order valence-electron chi connectivity index (χ0n) is 12.1. The van der Waals surface area contributed by atoms with Gasteiger partial charge in [0.25, 0.3) is 0 Å². The molecule has 0 saturated heterocycles. The lowest BCUT2D eigenvalue weighted by molar-refractivity contribution is 0.101. The number of Topliss-reactive ketones (excluding diaryl/α,β-unsaturated/α-hetero) is 1. The number of halogens is 1. The van der Waals surface area contributed by atoms with Crippen LogP contribution in [0.5, 0.6) is 0 Å². The number of benzene rings is 1. The molecule has 1 aromatic rings. The van der Waals surface area contributed by atoms with Crippen molar-refractivity contribution in [2.24, 2.45) is 5.92 Å². The summed E-state index contributed by atoms with van der Waals surface area (Å²) in [5, 5.41) is 0. The first kappa shape index (κ1) is 15.6. The van der Waals surface area contributed by atoms with E-state index in [1.807, 2.05) is 4.90 Å². The first-order valence-electron chi connectivity index (χ1n) is 6.50. The summed E-state index contributed by atoms with van der Waals surface area (Å²) in [4.78, 5) is 13.2. The van der Waals surface area contributed by atoms with Crippen molar-refractivity contribution < 1.29 is 13.9 Å². The number of nitrogens with zero attached hydrogens (tertiary/aromatic N) is 1. The lowest BCUT2D eigenvalue weighted by Crippen LogP contribution is -2.31. The molecule has 0 heterocycles. The van der Waals surface area contributed by atoms with Crippen LogP contribution in [0.15, 0.2) is 18.2 Å². The third kappa shape index (κ3) is 4.63. The van der Waals surface area contributed by atoms with Gasteiger partial charge in [0.15, 0.2) is 5.78 Å². The molecule has 106 valence electrons. The number of ketones is 1. The fraction of sp³-hybridized carbons (Fsp3) is 0.533. The van der Waals surface area contributed by atoms with Crippen molar-refractivity contribution >= 4 is 11.5 Å². The summed E-state index contributed by atoms with van der Waals surface area (Å²) in [7, 11) is 1.63. The smallest absolute Gasteiger partial charge is 0.159 e. The molecule has 0 saturated carbocycles. The second-order valence-corrected chi connectivity index (χ2v) is 5.06. The van der Waals surface area contributed by atoms with Crippen LogP contribution in [0.3, 0.4) is 0 Å². The minimum Gasteiger partial charge on any atom is -0.383 e. The lowest BCUT2D eigenvalue weighted by atomic mass is 10.1. The van der Waals surface area contributed by atoms with E-state index in [0.717, 1.165) is 6.54 Å². The molecule has 0 atom stereocenters. The van der Waals surface area contributed by atoms with Crippen LogP contribution in [0.25, 0.3) is 0 Å². The molecular formula is C15H22FNO2. The Hall–Kier alpha value is -1.42. The summed E-state index contributed by atoms with van der Waals surface area (Å²) >= 11 is 0. The molecule has 0 spiro atoms. The Bertz CT molecular complexity index is 432. The molecule has 0 N–H and O–H groups in total. The fourth-order valence-electron chi connectivity index (χ4n) is 1.93. The average molecular weight is 267 g/mol. The van der Waals surface area contributed by atoms with Crippen LogP contribution in [0.4, 0.5) is 10.1 Å². The fourth-order valence-corrected chi connectivity index (χ4v) is 1.93. The first-order valence-corrected chi connectivity index (χ1v) is 6.50. The Morgan fingerprint density at radius 2 is 2.11 bits per heavy atom. The quantitative estimate of drug-likeness (QED) is 0.711. The van der Waals surface area contributed by atoms with E-state index in [-0.39, 0.29) is 11.6 Å². The highest BCUT2D eigenvalue weighted by atomic mass is 19.1. The third-order valence-corrected chi connectivity index (χ3v) is 2.85. The largest absolute Gasteiger partial charge is 0.383 e. The Morgan fingerprint density at radius 3 is 2.58 bits per heavy atom. The molecule has 0 radical (unpaired) electrons. The topological polar surface area (TPSA) is 29.5 Å². The van der Waals surface area contributed by atoms with Crippen LogP contribution in [0, 0.1) is 11.7 Å². The number of hydrogen-bond acceptors (Lipinski definition) is 3. The van der Waals surface area contributed by atoms with Crippen molar-refractivity contribution in [3.05, 3.63) is 29.6 Å². The molecule has 3 nitrogen and oxygen atoms in total. The van der Waals surface area contributed by atoms with Crippen LogP contribution < -0.4 is 4.90 Å². The van der Waals surface area contributed by atoms with Gasteiger partial charge >= 0.3 is 0 Å². The zero-order valence-corrected chi connectivity index (χ0v) is 12.1. The van der Waals surface area contributed by atoms with Crippen molar-refractivity contribution in [2.75, 3.05) is 31.7 Å². The van der Waals surface area contributed by atoms with Gasteiger partial charge in [-0.3, -0.25) is 4.79 Å². The minimum atomic E-state index is -0.357. The summed E-state index contributed by atoms with van der Waals surface area (Å²) < 4.78 is 19.2. The van der Waals surface area contributed by atoms with E-state index in [9.17, 15) is 9.18 Å². The number of ether oxygens (including phenoxy) is 1. The van der Waals surface area contributed by atoms with Crippen LogP contribution in [-0.4, -0.2) is 32.6 Å². The van der Waals surface area contributed by atoms with Crippen molar-refractivity contribution in [1.29, 1.82) is 0 Å². The molecule has 0 aliphatic heterocycles. The van der Waals surface area contributed by atoms with Crippen LogP contribution in [-0.2, 0) is 4.74 Å².